The number of carboxylic acid groups (broad SMARTS) is 1. The number of nitrogens with two attached hydrogens (primary N) is 2. The van der Waals surface area contributed by atoms with Crippen LogP contribution < -0.4 is 27.8 Å². The molecule has 5 rings (SSSR count). The van der Waals surface area contributed by atoms with Gasteiger partial charge in [-0.3, -0.25) is 32.8 Å². The highest BCUT2D eigenvalue weighted by Crippen LogP contribution is 2.51. The lowest BCUT2D eigenvalue weighted by molar-refractivity contribution is -0.137. The largest absolute Gasteiger partial charge is 0.481 e. The first-order valence-electron chi connectivity index (χ1n) is 15.9. The number of nitrogens with one attached hydrogen (secondary N) is 2. The third-order valence-electron chi connectivity index (χ3n) is 8.19. The molecule has 0 radical (unpaired) electrons. The Morgan fingerprint density at radius 2 is 1.75 bits per heavy atom. The van der Waals surface area contributed by atoms with Crippen LogP contribution in [0.2, 0.25) is 0 Å². The molecule has 53 heavy (non-hydrogen) atoms. The van der Waals surface area contributed by atoms with Crippen LogP contribution in [-0.2, 0) is 48.9 Å². The lowest BCUT2D eigenvalue weighted by Gasteiger charge is -2.29. The lowest BCUT2D eigenvalue weighted by atomic mass is 10.1. The first kappa shape index (κ1) is 40.9. The van der Waals surface area contributed by atoms with Crippen LogP contribution in [0.1, 0.15) is 38.1 Å². The molecule has 0 unspecified atom stereocenters. The predicted molar refractivity (Wildman–Crippen MR) is 183 cm³/mol. The molecule has 11 N–H and O–H groups in total. The number of aromatic nitrogens is 6. The molecule has 294 valence electrons. The number of ether oxygens (including phenoxy) is 3. The molecule has 24 nitrogen and oxygen atoms in total. The maximum Gasteiger partial charge on any atom is 0.406 e. The van der Waals surface area contributed by atoms with Gasteiger partial charge in [0.05, 0.1) is 19.5 Å². The van der Waals surface area contributed by atoms with Crippen LogP contribution in [0.5, 0.6) is 0 Å². The van der Waals surface area contributed by atoms with Crippen molar-refractivity contribution in [3.05, 3.63) is 39.4 Å². The molecule has 2 saturated heterocycles. The molecular weight excluding hydrogens is 772 g/mol. The summed E-state index contributed by atoms with van der Waals surface area (Å²) in [7, 11) is -3.31. The number of carbonyl (C=O) groups is 1. The minimum atomic E-state index is -4.57. The summed E-state index contributed by atoms with van der Waals surface area (Å²) in [6.45, 7) is -5.62. The first-order valence-corrected chi connectivity index (χ1v) is 20.0. The van der Waals surface area contributed by atoms with Crippen LogP contribution >= 0.6 is 14.5 Å². The van der Waals surface area contributed by atoms with E-state index in [-0.39, 0.29) is 35.9 Å². The number of carboxylic acids is 1. The second kappa shape index (κ2) is 17.0. The number of methoxy groups -OCH3 is 1. The number of anilines is 2. The van der Waals surface area contributed by atoms with E-state index < -0.39 is 94.0 Å². The molecule has 5 heterocycles. The van der Waals surface area contributed by atoms with Gasteiger partial charge < -0.3 is 55.3 Å². The zero-order valence-electron chi connectivity index (χ0n) is 27.8. The van der Waals surface area contributed by atoms with Gasteiger partial charge in [0.15, 0.2) is 23.6 Å². The van der Waals surface area contributed by atoms with Crippen molar-refractivity contribution >= 4 is 55.2 Å². The van der Waals surface area contributed by atoms with E-state index in [0.717, 1.165) is 4.57 Å². The molecule has 9 atom stereocenters. The average Bonchev–Trinajstić information content (AvgIpc) is 3.73. The van der Waals surface area contributed by atoms with Gasteiger partial charge in [0, 0.05) is 26.3 Å². The fourth-order valence-electron chi connectivity index (χ4n) is 5.70. The highest BCUT2D eigenvalue weighted by atomic mass is 32.5. The predicted octanol–water partition coefficient (Wildman–Crippen LogP) is -1.96. The molecule has 27 heteroatoms. The van der Waals surface area contributed by atoms with Crippen molar-refractivity contribution in [3.63, 3.8) is 0 Å². The summed E-state index contributed by atoms with van der Waals surface area (Å²) in [5.74, 6) is -1.31. The SMILES string of the molecule is CO[C@@H]1[C@H](O[P@@](=O)(NCCCCCC(=O)O)OC[C@H]2O[C@@H](n3ccc(N)nc3=O)[C@H](O)[C@@H]2O)[C@@H](COP(O)(O)=S)O[C@H]1n1cnc2c(=O)[nH]c(N)nc21. The van der Waals surface area contributed by atoms with Gasteiger partial charge in [-0.25, -0.2) is 19.4 Å². The standard InChI is InChI=1S/C26H39N9O15P2S/c1-45-20-19(13(10-47-52(43,44)53)49-24(20)35-11-29-16-21(35)32-25(28)33-22(16)40)50-51(42,30-7-4-2-3-5-15(36)37)46-9-12-17(38)18(39)23(48-12)34-8-6-14(27)31-26(34)41/h6,8,11-13,17-20,23-24,38-39H,2-5,7,9-10H2,1H3,(H,30,42)(H,36,37)(H2,27,31,41)(H2,43,44,53)(H3,28,32,33,40)/t12-,13-,17-,18-,19-,20-,23-,24-,51-/m1/s1. The molecule has 2 aliphatic rings. The Labute approximate surface area is 303 Å². The summed E-state index contributed by atoms with van der Waals surface area (Å²) in [6.07, 6.45) is -7.95. The lowest BCUT2D eigenvalue weighted by Crippen LogP contribution is -2.39. The summed E-state index contributed by atoms with van der Waals surface area (Å²) in [5.41, 5.74) is 9.64. The summed E-state index contributed by atoms with van der Waals surface area (Å²) in [6, 6.07) is 1.28. The average molecular weight is 812 g/mol. The van der Waals surface area contributed by atoms with Crippen LogP contribution in [0, 0.1) is 0 Å². The Morgan fingerprint density at radius 3 is 2.43 bits per heavy atom. The van der Waals surface area contributed by atoms with E-state index in [1.54, 1.807) is 0 Å². The number of unbranched alkanes of at least 4 members (excludes halogenated alkanes) is 2. The first-order chi connectivity index (χ1) is 25.0. The molecule has 0 amide bonds. The Balaban J connectivity index is 1.41. The Morgan fingerprint density at radius 1 is 1.04 bits per heavy atom. The number of aliphatic hydroxyl groups is 2. The highest BCUT2D eigenvalue weighted by molar-refractivity contribution is 8.06. The van der Waals surface area contributed by atoms with E-state index in [9.17, 15) is 38.9 Å². The number of aromatic amines is 1. The second-order valence-corrected chi connectivity index (χ2v) is 16.3. The Kier molecular flexibility index (Phi) is 13.2. The molecule has 0 aliphatic carbocycles. The summed E-state index contributed by atoms with van der Waals surface area (Å²) < 4.78 is 51.1. The van der Waals surface area contributed by atoms with Crippen LogP contribution in [0.4, 0.5) is 11.8 Å². The number of nitrogens with zero attached hydrogens (tertiary/aromatic N) is 5. The fraction of sp³-hybridized carbons (Fsp3) is 0.615. The number of nitrogen functional groups attached to an aromatic ring is 2. The van der Waals surface area contributed by atoms with E-state index >= 15 is 0 Å². The number of aliphatic hydroxyl groups excluding tert-OH is 2. The van der Waals surface area contributed by atoms with Crippen molar-refractivity contribution in [1.29, 1.82) is 0 Å². The fourth-order valence-corrected chi connectivity index (χ4v) is 7.80. The van der Waals surface area contributed by atoms with Gasteiger partial charge in [-0.15, -0.1) is 0 Å². The molecule has 2 aliphatic heterocycles. The van der Waals surface area contributed by atoms with E-state index in [0.29, 0.717) is 19.3 Å². The van der Waals surface area contributed by atoms with E-state index in [4.69, 9.17) is 44.4 Å². The van der Waals surface area contributed by atoms with Crippen molar-refractivity contribution in [2.24, 2.45) is 0 Å². The number of fused-ring (bicyclic) bond motifs is 1. The van der Waals surface area contributed by atoms with Gasteiger partial charge in [0.1, 0.15) is 42.4 Å². The number of H-pyrrole nitrogens is 1. The van der Waals surface area contributed by atoms with Gasteiger partial charge in [-0.2, -0.15) is 9.97 Å². The second-order valence-electron chi connectivity index (χ2n) is 11.9. The van der Waals surface area contributed by atoms with E-state index in [1.807, 2.05) is 0 Å². The maximum atomic E-state index is 14.5. The highest BCUT2D eigenvalue weighted by Gasteiger charge is 2.52. The zero-order chi connectivity index (χ0) is 38.7. The molecule has 0 spiro atoms. The smallest absolute Gasteiger partial charge is 0.406 e. The summed E-state index contributed by atoms with van der Waals surface area (Å²) in [5, 5.41) is 33.1. The number of hydrogen-bond acceptors (Lipinski definition) is 18. The normalized spacial score (nSPS) is 27.3. The van der Waals surface area contributed by atoms with Crippen molar-refractivity contribution in [2.45, 2.75) is 74.8 Å². The Hall–Kier alpha value is -3.26. The molecule has 0 aromatic carbocycles. The minimum absolute atomic E-state index is 0.0251. The zero-order valence-corrected chi connectivity index (χ0v) is 30.4. The van der Waals surface area contributed by atoms with Crippen molar-refractivity contribution < 1.29 is 62.2 Å². The van der Waals surface area contributed by atoms with Crippen molar-refractivity contribution in [2.75, 3.05) is 38.3 Å². The van der Waals surface area contributed by atoms with Crippen molar-refractivity contribution in [1.82, 2.24) is 34.2 Å². The van der Waals surface area contributed by atoms with Crippen LogP contribution in [0.15, 0.2) is 28.2 Å². The Bertz CT molecular complexity index is 1980. The monoisotopic (exact) mass is 811 g/mol. The molecule has 0 saturated carbocycles. The van der Waals surface area contributed by atoms with E-state index in [1.165, 1.54) is 30.3 Å². The minimum Gasteiger partial charge on any atom is -0.481 e. The number of hydrogen-bond donors (Lipinski definition) is 9. The third-order valence-corrected chi connectivity index (χ3v) is 10.6. The van der Waals surface area contributed by atoms with Crippen LogP contribution in [-0.4, -0.2) is 124 Å². The summed E-state index contributed by atoms with van der Waals surface area (Å²) in [4.78, 5) is 69.5. The molecule has 2 fully saturated rings. The third kappa shape index (κ3) is 9.89. The quantitative estimate of drug-likeness (QED) is 0.0497. The maximum absolute atomic E-state index is 14.5. The van der Waals surface area contributed by atoms with Crippen molar-refractivity contribution in [3.8, 4) is 0 Å². The van der Waals surface area contributed by atoms with Gasteiger partial charge in [-0.1, -0.05) is 6.42 Å². The van der Waals surface area contributed by atoms with Crippen LogP contribution in [0.25, 0.3) is 11.2 Å². The number of imidazole rings is 1. The van der Waals surface area contributed by atoms with Gasteiger partial charge in [-0.05, 0) is 30.7 Å². The van der Waals surface area contributed by atoms with Gasteiger partial charge in [0.2, 0.25) is 5.95 Å². The molecular formula is C26H39N9O15P2S. The molecule has 3 aromatic rings. The molecule has 3 aromatic heterocycles. The van der Waals surface area contributed by atoms with Crippen LogP contribution in [0.3, 0.4) is 0 Å². The van der Waals surface area contributed by atoms with E-state index in [2.05, 4.69) is 36.8 Å². The molecule has 0 bridgehead atoms. The summed E-state index contributed by atoms with van der Waals surface area (Å²) >= 11 is 4.59. The topological polar surface area (TPSA) is 353 Å². The number of rotatable bonds is 18. The number of aliphatic carboxylic acids is 1. The van der Waals surface area contributed by atoms with Gasteiger partial charge >= 0.3 is 26.1 Å². The van der Waals surface area contributed by atoms with Gasteiger partial charge in [0.25, 0.3) is 5.56 Å².